The monoisotopic (exact) mass is 520 g/mol. The van der Waals surface area contributed by atoms with Crippen molar-refractivity contribution in [2.75, 3.05) is 12.4 Å². The molecule has 7 nitrogen and oxygen atoms in total. The summed E-state index contributed by atoms with van der Waals surface area (Å²) < 4.78 is 7.20. The molecule has 0 spiro atoms. The minimum atomic E-state index is -0.567. The SMILES string of the molecule is COC(=O)C1=C(C)Nc2nc(SCc3ccccc3Cl)nn2C1c1ccc(O)c(Br)c1. The number of hydrogen-bond donors (Lipinski definition) is 2. The molecule has 2 N–H and O–H groups in total. The molecule has 0 saturated heterocycles. The predicted molar refractivity (Wildman–Crippen MR) is 123 cm³/mol. The molecule has 1 unspecified atom stereocenters. The number of nitrogens with zero attached hydrogens (tertiary/aromatic N) is 3. The molecule has 1 aliphatic heterocycles. The first-order valence-corrected chi connectivity index (χ1v) is 11.4. The van der Waals surface area contributed by atoms with E-state index in [4.69, 9.17) is 16.3 Å². The van der Waals surface area contributed by atoms with Gasteiger partial charge in [0.2, 0.25) is 11.1 Å². The van der Waals surface area contributed by atoms with Crippen molar-refractivity contribution in [1.82, 2.24) is 14.8 Å². The Bertz CT molecular complexity index is 1200. The molecule has 1 atom stereocenters. The lowest BCUT2D eigenvalue weighted by Gasteiger charge is -2.28. The van der Waals surface area contributed by atoms with Crippen molar-refractivity contribution in [2.24, 2.45) is 0 Å². The first-order chi connectivity index (χ1) is 14.9. The van der Waals surface area contributed by atoms with Crippen LogP contribution in [0.5, 0.6) is 5.75 Å². The summed E-state index contributed by atoms with van der Waals surface area (Å²) in [6.45, 7) is 1.80. The molecule has 0 bridgehead atoms. The molecule has 4 rings (SSSR count). The summed E-state index contributed by atoms with van der Waals surface area (Å²) in [5, 5.41) is 18.9. The molecule has 1 aromatic heterocycles. The van der Waals surface area contributed by atoms with Gasteiger partial charge in [0, 0.05) is 16.5 Å². The van der Waals surface area contributed by atoms with Gasteiger partial charge in [-0.15, -0.1) is 5.10 Å². The van der Waals surface area contributed by atoms with Gasteiger partial charge in [0.05, 0.1) is 17.2 Å². The number of rotatable bonds is 5. The summed E-state index contributed by atoms with van der Waals surface area (Å²) in [5.41, 5.74) is 2.78. The summed E-state index contributed by atoms with van der Waals surface area (Å²) in [4.78, 5) is 17.2. The van der Waals surface area contributed by atoms with E-state index in [1.165, 1.54) is 18.9 Å². The third-order valence-corrected chi connectivity index (χ3v) is 6.73. The van der Waals surface area contributed by atoms with Gasteiger partial charge >= 0.3 is 5.97 Å². The van der Waals surface area contributed by atoms with Crippen LogP contribution in [-0.2, 0) is 15.3 Å². The Morgan fingerprint density at radius 2 is 2.13 bits per heavy atom. The molecule has 3 aromatic rings. The lowest BCUT2D eigenvalue weighted by molar-refractivity contribution is -0.136. The van der Waals surface area contributed by atoms with Crippen LogP contribution in [0.2, 0.25) is 5.02 Å². The quantitative estimate of drug-likeness (QED) is 0.354. The molecule has 1 aliphatic rings. The zero-order chi connectivity index (χ0) is 22.1. The fourth-order valence-corrected chi connectivity index (χ4v) is 4.84. The van der Waals surface area contributed by atoms with Gasteiger partial charge < -0.3 is 15.2 Å². The van der Waals surface area contributed by atoms with Gasteiger partial charge in [-0.1, -0.05) is 47.6 Å². The topological polar surface area (TPSA) is 89.3 Å². The maximum atomic E-state index is 12.6. The molecule has 160 valence electrons. The maximum absolute atomic E-state index is 12.6. The van der Waals surface area contributed by atoms with Gasteiger partial charge in [0.25, 0.3) is 0 Å². The Kier molecular flexibility index (Phi) is 6.27. The lowest BCUT2D eigenvalue weighted by atomic mass is 9.96. The third kappa shape index (κ3) is 4.30. The van der Waals surface area contributed by atoms with E-state index in [9.17, 15) is 9.90 Å². The van der Waals surface area contributed by atoms with Gasteiger partial charge in [-0.2, -0.15) is 4.98 Å². The fourth-order valence-electron chi connectivity index (χ4n) is 3.33. The minimum absolute atomic E-state index is 0.104. The van der Waals surface area contributed by atoms with Crippen LogP contribution in [0.4, 0.5) is 5.95 Å². The molecule has 10 heteroatoms. The van der Waals surface area contributed by atoms with Crippen molar-refractivity contribution < 1.29 is 14.6 Å². The zero-order valence-electron chi connectivity index (χ0n) is 16.6. The van der Waals surface area contributed by atoms with Gasteiger partial charge in [-0.25, -0.2) is 9.48 Å². The molecule has 0 amide bonds. The number of anilines is 1. The van der Waals surface area contributed by atoms with E-state index in [-0.39, 0.29) is 5.75 Å². The van der Waals surface area contributed by atoms with Crippen LogP contribution in [0.1, 0.15) is 24.1 Å². The standard InChI is InChI=1S/C21H18BrClN4O3S/c1-11-17(19(29)30-2)18(12-7-8-16(28)14(22)9-12)27-20(24-11)25-21(26-27)31-10-13-5-3-4-6-15(13)23/h3-9,18,28H,10H2,1-2H3,(H,24,25,26). The zero-order valence-corrected chi connectivity index (χ0v) is 19.8. The number of hydrogen-bond acceptors (Lipinski definition) is 7. The molecule has 0 radical (unpaired) electrons. The average molecular weight is 522 g/mol. The Labute approximate surface area is 196 Å². The summed E-state index contributed by atoms with van der Waals surface area (Å²) in [7, 11) is 1.34. The Balaban J connectivity index is 1.73. The highest BCUT2D eigenvalue weighted by molar-refractivity contribution is 9.10. The van der Waals surface area contributed by atoms with Crippen LogP contribution in [0, 0.1) is 0 Å². The highest BCUT2D eigenvalue weighted by Gasteiger charge is 2.35. The third-order valence-electron chi connectivity index (χ3n) is 4.84. The highest BCUT2D eigenvalue weighted by atomic mass is 79.9. The Morgan fingerprint density at radius 3 is 2.84 bits per heavy atom. The van der Waals surface area contributed by atoms with Crippen LogP contribution in [0.15, 0.2) is 63.4 Å². The van der Waals surface area contributed by atoms with E-state index in [0.717, 1.165) is 11.1 Å². The number of aromatic nitrogens is 3. The number of nitrogens with one attached hydrogen (secondary N) is 1. The number of carbonyl (C=O) groups excluding carboxylic acids is 1. The number of allylic oxidation sites excluding steroid dienone is 1. The number of fused-ring (bicyclic) bond motifs is 1. The number of halogens is 2. The van der Waals surface area contributed by atoms with Crippen molar-refractivity contribution in [2.45, 2.75) is 23.9 Å². The van der Waals surface area contributed by atoms with E-state index in [1.807, 2.05) is 24.3 Å². The molecule has 0 saturated carbocycles. The van der Waals surface area contributed by atoms with Crippen molar-refractivity contribution in [3.05, 3.63) is 74.4 Å². The number of phenolic OH excluding ortho intramolecular Hbond substituents is 1. The maximum Gasteiger partial charge on any atom is 0.338 e. The lowest BCUT2D eigenvalue weighted by Crippen LogP contribution is -2.29. The van der Waals surface area contributed by atoms with Crippen LogP contribution in [0.25, 0.3) is 0 Å². The Hall–Kier alpha value is -2.49. The number of carbonyl (C=O) groups is 1. The number of esters is 1. The van der Waals surface area contributed by atoms with Crippen LogP contribution in [-0.4, -0.2) is 33.0 Å². The van der Waals surface area contributed by atoms with Crippen molar-refractivity contribution in [3.63, 3.8) is 0 Å². The molecule has 0 aliphatic carbocycles. The van der Waals surface area contributed by atoms with Crippen molar-refractivity contribution in [3.8, 4) is 5.75 Å². The van der Waals surface area contributed by atoms with Crippen molar-refractivity contribution in [1.29, 1.82) is 0 Å². The van der Waals surface area contributed by atoms with E-state index >= 15 is 0 Å². The summed E-state index contributed by atoms with van der Waals surface area (Å²) >= 11 is 11.1. The molecule has 0 fully saturated rings. The molecular weight excluding hydrogens is 504 g/mol. The number of thioether (sulfide) groups is 1. The first kappa shape index (κ1) is 21.7. The summed E-state index contributed by atoms with van der Waals surface area (Å²) in [6, 6.07) is 12.1. The Morgan fingerprint density at radius 1 is 1.35 bits per heavy atom. The fraction of sp³-hybridized carbons (Fsp3) is 0.190. The molecule has 2 aromatic carbocycles. The van der Waals surface area contributed by atoms with E-state index in [0.29, 0.717) is 37.6 Å². The van der Waals surface area contributed by atoms with Gasteiger partial charge in [-0.3, -0.25) is 0 Å². The second kappa shape index (κ2) is 8.94. The number of phenols is 1. The number of methoxy groups -OCH3 is 1. The largest absolute Gasteiger partial charge is 0.507 e. The van der Waals surface area contributed by atoms with E-state index in [1.54, 1.807) is 29.8 Å². The molecular formula is C21H18BrClN4O3S. The average Bonchev–Trinajstić information content (AvgIpc) is 3.16. The normalized spacial score (nSPS) is 15.4. The highest BCUT2D eigenvalue weighted by Crippen LogP contribution is 2.39. The number of benzene rings is 2. The van der Waals surface area contributed by atoms with E-state index < -0.39 is 12.0 Å². The summed E-state index contributed by atoms with van der Waals surface area (Å²) in [5.74, 6) is 0.758. The number of aromatic hydroxyl groups is 1. The van der Waals surface area contributed by atoms with Gasteiger partial charge in [-0.05, 0) is 52.2 Å². The molecule has 2 heterocycles. The van der Waals surface area contributed by atoms with Crippen molar-refractivity contribution >= 4 is 51.2 Å². The van der Waals surface area contributed by atoms with E-state index in [2.05, 4.69) is 31.3 Å². The van der Waals surface area contributed by atoms with Crippen LogP contribution < -0.4 is 5.32 Å². The van der Waals surface area contributed by atoms with Gasteiger partial charge in [0.1, 0.15) is 11.8 Å². The second-order valence-corrected chi connectivity index (χ2v) is 9.02. The second-order valence-electron chi connectivity index (χ2n) is 6.81. The number of ether oxygens (including phenoxy) is 1. The van der Waals surface area contributed by atoms with Crippen LogP contribution in [0.3, 0.4) is 0 Å². The summed E-state index contributed by atoms with van der Waals surface area (Å²) in [6.07, 6.45) is 0. The van der Waals surface area contributed by atoms with Gasteiger partial charge in [0.15, 0.2) is 0 Å². The predicted octanol–water partition coefficient (Wildman–Crippen LogP) is 5.15. The van der Waals surface area contributed by atoms with Crippen LogP contribution >= 0.6 is 39.3 Å². The smallest absolute Gasteiger partial charge is 0.338 e. The first-order valence-electron chi connectivity index (χ1n) is 9.26. The minimum Gasteiger partial charge on any atom is -0.507 e. The molecule has 31 heavy (non-hydrogen) atoms.